The molecule has 0 saturated carbocycles. The Hall–Kier alpha value is -0.125. The van der Waals surface area contributed by atoms with E-state index in [9.17, 15) is 9.59 Å². The van der Waals surface area contributed by atoms with E-state index in [1.807, 2.05) is 0 Å². The Bertz CT molecular complexity index is 126. The molecule has 0 aromatic heterocycles. The number of hydrogen-bond donors (Lipinski definition) is 2. The van der Waals surface area contributed by atoms with Crippen LogP contribution >= 0.6 is 0 Å². The molecule has 0 amide bonds. The molecule has 0 aromatic carbocycles. The molecular weight excluding hydrogens is 126 g/mol. The van der Waals surface area contributed by atoms with Gasteiger partial charge < -0.3 is 10.2 Å². The Morgan fingerprint density at radius 3 is 1.20 bits per heavy atom. The van der Waals surface area contributed by atoms with Crippen molar-refractivity contribution >= 4 is 49.7 Å². The van der Waals surface area contributed by atoms with Gasteiger partial charge in [0.1, 0.15) is 0 Å². The molecule has 2 N–H and O–H groups in total. The molecule has 0 spiro atoms. The van der Waals surface area contributed by atoms with Crippen molar-refractivity contribution in [2.45, 2.75) is 0 Å². The van der Waals surface area contributed by atoms with Gasteiger partial charge in [-0.3, -0.25) is 0 Å². The van der Waals surface area contributed by atoms with E-state index >= 15 is 0 Å². The maximum absolute atomic E-state index is 9.55. The minimum atomic E-state index is -1.26. The Kier molecular flexibility index (Phi) is 14.6. The van der Waals surface area contributed by atoms with Crippen LogP contribution in [0.3, 0.4) is 0 Å². The third-order valence-corrected chi connectivity index (χ3v) is 0.368. The fourth-order valence-electron chi connectivity index (χ4n) is 0.143. The predicted octanol–water partition coefficient (Wildman–Crippen LogP) is -1.05. The summed E-state index contributed by atoms with van der Waals surface area (Å²) in [5.74, 6) is -2.51. The molecule has 0 heterocycles. The van der Waals surface area contributed by atoms with Crippen LogP contribution in [0.1, 0.15) is 0 Å². The van der Waals surface area contributed by atoms with E-state index in [-0.39, 0.29) is 37.7 Å². The van der Waals surface area contributed by atoms with Gasteiger partial charge in [-0.1, -0.05) is 0 Å². The standard InChI is InChI=1S/C4H4O4.2Li/c5-3(6)1-2-4(7)8;;/h1-2H,(H,5,6)(H,7,8);;/b2-1+;;. The van der Waals surface area contributed by atoms with Crippen molar-refractivity contribution in [1.29, 1.82) is 0 Å². The van der Waals surface area contributed by atoms with Gasteiger partial charge >= 0.3 is 11.9 Å². The molecule has 0 saturated heterocycles. The zero-order chi connectivity index (χ0) is 6.57. The average Bonchev–Trinajstić information content (AvgIpc) is 1.61. The van der Waals surface area contributed by atoms with Crippen LogP contribution in [0.5, 0.6) is 0 Å². The predicted molar refractivity (Wildman–Crippen MR) is 35.9 cm³/mol. The molecule has 2 radical (unpaired) electrons. The van der Waals surface area contributed by atoms with E-state index in [0.29, 0.717) is 12.2 Å². The normalized spacial score (nSPS) is 7.60. The first-order valence-electron chi connectivity index (χ1n) is 1.77. The molecule has 10 heavy (non-hydrogen) atoms. The molecule has 0 aromatic rings. The summed E-state index contributed by atoms with van der Waals surface area (Å²) in [6.45, 7) is 0. The van der Waals surface area contributed by atoms with Crippen LogP contribution < -0.4 is 0 Å². The number of carboxylic acids is 2. The molecule has 6 heteroatoms. The quantitative estimate of drug-likeness (QED) is 0.369. The molecule has 0 aliphatic heterocycles. The van der Waals surface area contributed by atoms with Crippen molar-refractivity contribution in [2.75, 3.05) is 0 Å². The summed E-state index contributed by atoms with van der Waals surface area (Å²) in [6.07, 6.45) is 1.12. The monoisotopic (exact) mass is 130 g/mol. The Labute approximate surface area is 81.7 Å². The van der Waals surface area contributed by atoms with Crippen LogP contribution in [0.2, 0.25) is 0 Å². The van der Waals surface area contributed by atoms with Crippen molar-refractivity contribution in [3.05, 3.63) is 12.2 Å². The van der Waals surface area contributed by atoms with Crippen LogP contribution in [-0.2, 0) is 9.59 Å². The van der Waals surface area contributed by atoms with E-state index in [0.717, 1.165) is 0 Å². The van der Waals surface area contributed by atoms with Gasteiger partial charge in [0.25, 0.3) is 0 Å². The van der Waals surface area contributed by atoms with Crippen molar-refractivity contribution in [3.63, 3.8) is 0 Å². The number of aliphatic carboxylic acids is 2. The maximum Gasteiger partial charge on any atom is 0.328 e. The van der Waals surface area contributed by atoms with E-state index in [2.05, 4.69) is 0 Å². The van der Waals surface area contributed by atoms with Crippen LogP contribution in [0.15, 0.2) is 12.2 Å². The van der Waals surface area contributed by atoms with Gasteiger partial charge in [0, 0.05) is 49.9 Å². The summed E-state index contributed by atoms with van der Waals surface area (Å²) < 4.78 is 0. The summed E-state index contributed by atoms with van der Waals surface area (Å²) in [5, 5.41) is 15.6. The summed E-state index contributed by atoms with van der Waals surface area (Å²) in [5.41, 5.74) is 0. The molecule has 46 valence electrons. The third-order valence-electron chi connectivity index (χ3n) is 0.368. The molecule has 0 bridgehead atoms. The molecule has 0 atom stereocenters. The fraction of sp³-hybridized carbons (Fsp3) is 0. The Balaban J connectivity index is -0.000000245. The first-order valence-corrected chi connectivity index (χ1v) is 1.77. The maximum atomic E-state index is 9.55. The summed E-state index contributed by atoms with van der Waals surface area (Å²) in [4.78, 5) is 19.1. The van der Waals surface area contributed by atoms with Crippen LogP contribution in [0.25, 0.3) is 0 Å². The molecule has 0 rings (SSSR count). The minimum absolute atomic E-state index is 0. The molecule has 0 unspecified atom stereocenters. The second-order valence-electron chi connectivity index (χ2n) is 1.01. The second-order valence-corrected chi connectivity index (χ2v) is 1.01. The SMILES string of the molecule is O=C(O)/C=C/C(=O)O.[Li].[Li]. The minimum Gasteiger partial charge on any atom is -0.478 e. The molecule has 0 aliphatic carbocycles. The molecule has 0 fully saturated rings. The summed E-state index contributed by atoms with van der Waals surface area (Å²) in [7, 11) is 0. The van der Waals surface area contributed by atoms with Crippen molar-refractivity contribution < 1.29 is 19.8 Å². The van der Waals surface area contributed by atoms with Crippen molar-refractivity contribution in [2.24, 2.45) is 0 Å². The van der Waals surface area contributed by atoms with Crippen LogP contribution in [0, 0.1) is 0 Å². The summed E-state index contributed by atoms with van der Waals surface area (Å²) >= 11 is 0. The van der Waals surface area contributed by atoms with Gasteiger partial charge in [0.2, 0.25) is 0 Å². The molecule has 0 aliphatic rings. The second kappa shape index (κ2) is 8.87. The number of hydrogen-bond acceptors (Lipinski definition) is 2. The average molecular weight is 130 g/mol. The smallest absolute Gasteiger partial charge is 0.328 e. The van der Waals surface area contributed by atoms with Gasteiger partial charge in [0.05, 0.1) is 0 Å². The number of carboxylic acid groups (broad SMARTS) is 2. The van der Waals surface area contributed by atoms with Crippen LogP contribution in [-0.4, -0.2) is 59.9 Å². The Morgan fingerprint density at radius 1 is 0.900 bits per heavy atom. The number of rotatable bonds is 2. The van der Waals surface area contributed by atoms with E-state index in [1.54, 1.807) is 0 Å². The van der Waals surface area contributed by atoms with Crippen molar-refractivity contribution in [3.8, 4) is 0 Å². The van der Waals surface area contributed by atoms with Gasteiger partial charge in [-0.05, 0) is 0 Å². The van der Waals surface area contributed by atoms with Crippen LogP contribution in [0.4, 0.5) is 0 Å². The largest absolute Gasteiger partial charge is 0.478 e. The fourth-order valence-corrected chi connectivity index (χ4v) is 0.143. The van der Waals surface area contributed by atoms with Gasteiger partial charge in [-0.25, -0.2) is 9.59 Å². The zero-order valence-electron chi connectivity index (χ0n) is 5.87. The molecular formula is C4H4Li2O4. The van der Waals surface area contributed by atoms with E-state index in [1.165, 1.54) is 0 Å². The van der Waals surface area contributed by atoms with E-state index in [4.69, 9.17) is 10.2 Å². The van der Waals surface area contributed by atoms with Gasteiger partial charge in [-0.15, -0.1) is 0 Å². The Morgan fingerprint density at radius 2 is 1.10 bits per heavy atom. The van der Waals surface area contributed by atoms with Gasteiger partial charge in [-0.2, -0.15) is 0 Å². The first-order chi connectivity index (χ1) is 3.63. The topological polar surface area (TPSA) is 74.6 Å². The van der Waals surface area contributed by atoms with Crippen molar-refractivity contribution in [1.82, 2.24) is 0 Å². The summed E-state index contributed by atoms with van der Waals surface area (Å²) in [6, 6.07) is 0. The van der Waals surface area contributed by atoms with Gasteiger partial charge in [0.15, 0.2) is 0 Å². The van der Waals surface area contributed by atoms with E-state index < -0.39 is 11.9 Å². The zero-order valence-corrected chi connectivity index (χ0v) is 5.87. The third kappa shape index (κ3) is 15.7. The first kappa shape index (κ1) is 16.5. The number of carbonyl (C=O) groups is 2. The molecule has 4 nitrogen and oxygen atoms in total.